The highest BCUT2D eigenvalue weighted by atomic mass is 16.5. The number of amides is 1. The van der Waals surface area contributed by atoms with E-state index in [-0.39, 0.29) is 12.1 Å². The first-order valence-electron chi connectivity index (χ1n) is 10.8. The molecule has 1 aromatic carbocycles. The molecule has 5 rings (SSSR count). The Labute approximate surface area is 185 Å². The van der Waals surface area contributed by atoms with Crippen molar-refractivity contribution in [1.82, 2.24) is 19.9 Å². The van der Waals surface area contributed by atoms with E-state index in [1.807, 2.05) is 20.0 Å². The fourth-order valence-electron chi connectivity index (χ4n) is 4.05. The highest BCUT2D eigenvalue weighted by molar-refractivity contribution is 5.94. The first-order chi connectivity index (χ1) is 15.6. The lowest BCUT2D eigenvalue weighted by molar-refractivity contribution is 0.104. The monoisotopic (exact) mass is 437 g/mol. The minimum absolute atomic E-state index is 0.171. The summed E-state index contributed by atoms with van der Waals surface area (Å²) in [6.45, 7) is 5.88. The number of imidazole rings is 1. The average molecular weight is 438 g/mol. The molecule has 2 aliphatic heterocycles. The number of rotatable bonds is 2. The third-order valence-electron chi connectivity index (χ3n) is 5.63. The number of carbonyl (C=O) groups is 1. The Morgan fingerprint density at radius 1 is 1.16 bits per heavy atom. The third-order valence-corrected chi connectivity index (χ3v) is 5.63. The Morgan fingerprint density at radius 2 is 2.00 bits per heavy atom. The predicted molar refractivity (Wildman–Crippen MR) is 123 cm³/mol. The van der Waals surface area contributed by atoms with Crippen molar-refractivity contribution in [2.75, 3.05) is 55.5 Å². The number of aromatic nitrogens is 3. The lowest BCUT2D eigenvalue weighted by Crippen LogP contribution is -2.38. The maximum atomic E-state index is 12.8. The molecule has 1 amide bonds. The molecule has 32 heavy (non-hydrogen) atoms. The maximum absolute atomic E-state index is 12.8. The molecule has 10 heteroatoms. The Bertz CT molecular complexity index is 1140. The number of ether oxygens (including phenoxy) is 2. The van der Waals surface area contributed by atoms with Crippen molar-refractivity contribution in [2.24, 2.45) is 0 Å². The van der Waals surface area contributed by atoms with E-state index < -0.39 is 0 Å². The molecule has 168 valence electrons. The van der Waals surface area contributed by atoms with Gasteiger partial charge in [-0.05, 0) is 30.7 Å². The van der Waals surface area contributed by atoms with Crippen LogP contribution in [0.4, 0.5) is 27.7 Å². The highest BCUT2D eigenvalue weighted by Gasteiger charge is 2.19. The summed E-state index contributed by atoms with van der Waals surface area (Å²) in [6.07, 6.45) is 1.49. The van der Waals surface area contributed by atoms with Gasteiger partial charge in [0, 0.05) is 37.6 Å². The molecule has 1 saturated heterocycles. The SMILES string of the molecule is CNc1cc2nc3c1ncn3C(=O)N[C@H](C)COCc1cc(cc(N3CCOCC3)c1)N2. The molecule has 10 nitrogen and oxygen atoms in total. The van der Waals surface area contributed by atoms with Crippen LogP contribution >= 0.6 is 0 Å². The second-order valence-electron chi connectivity index (χ2n) is 8.07. The van der Waals surface area contributed by atoms with Gasteiger partial charge in [0.1, 0.15) is 17.7 Å². The number of hydrogen-bond acceptors (Lipinski definition) is 8. The van der Waals surface area contributed by atoms with Crippen molar-refractivity contribution in [1.29, 1.82) is 0 Å². The topological polar surface area (TPSA) is 106 Å². The van der Waals surface area contributed by atoms with Gasteiger partial charge in [0.15, 0.2) is 5.65 Å². The quantitative estimate of drug-likeness (QED) is 0.562. The fourth-order valence-corrected chi connectivity index (χ4v) is 4.05. The number of anilines is 4. The van der Waals surface area contributed by atoms with Gasteiger partial charge in [-0.2, -0.15) is 0 Å². The van der Waals surface area contributed by atoms with E-state index in [2.05, 4.69) is 44.0 Å². The van der Waals surface area contributed by atoms with Crippen LogP contribution in [0.25, 0.3) is 11.2 Å². The Hall–Kier alpha value is -3.37. The summed E-state index contributed by atoms with van der Waals surface area (Å²) in [4.78, 5) is 24.2. The maximum Gasteiger partial charge on any atom is 0.328 e. The van der Waals surface area contributed by atoms with Crippen molar-refractivity contribution in [3.63, 3.8) is 0 Å². The zero-order chi connectivity index (χ0) is 22.1. The number of nitrogens with one attached hydrogen (secondary N) is 3. The van der Waals surface area contributed by atoms with Gasteiger partial charge in [0.2, 0.25) is 0 Å². The first-order valence-corrected chi connectivity index (χ1v) is 10.8. The lowest BCUT2D eigenvalue weighted by atomic mass is 10.1. The lowest BCUT2D eigenvalue weighted by Gasteiger charge is -2.29. The summed E-state index contributed by atoms with van der Waals surface area (Å²) in [5.74, 6) is 0.618. The van der Waals surface area contributed by atoms with Crippen molar-refractivity contribution in [3.8, 4) is 0 Å². The van der Waals surface area contributed by atoms with Crippen LogP contribution in [-0.2, 0) is 16.1 Å². The van der Waals surface area contributed by atoms with Gasteiger partial charge in [-0.3, -0.25) is 0 Å². The Kier molecular flexibility index (Phi) is 5.54. The van der Waals surface area contributed by atoms with Gasteiger partial charge < -0.3 is 30.3 Å². The normalized spacial score (nSPS) is 19.4. The number of morpholine rings is 1. The number of hydrogen-bond donors (Lipinski definition) is 3. The average Bonchev–Trinajstić information content (AvgIpc) is 3.22. The number of benzene rings is 1. The van der Waals surface area contributed by atoms with Gasteiger partial charge in [0.05, 0.1) is 38.2 Å². The molecule has 2 aliphatic rings. The largest absolute Gasteiger partial charge is 0.386 e. The van der Waals surface area contributed by atoms with E-state index in [0.717, 1.165) is 35.7 Å². The molecule has 4 heterocycles. The molecule has 0 spiro atoms. The predicted octanol–water partition coefficient (Wildman–Crippen LogP) is 2.53. The van der Waals surface area contributed by atoms with E-state index in [9.17, 15) is 4.79 Å². The molecule has 1 atom stereocenters. The summed E-state index contributed by atoms with van der Waals surface area (Å²) in [7, 11) is 1.83. The minimum atomic E-state index is -0.291. The van der Waals surface area contributed by atoms with Crippen LogP contribution in [0.1, 0.15) is 12.5 Å². The van der Waals surface area contributed by atoms with Crippen LogP contribution in [0.15, 0.2) is 30.6 Å². The highest BCUT2D eigenvalue weighted by Crippen LogP contribution is 2.29. The minimum Gasteiger partial charge on any atom is -0.386 e. The van der Waals surface area contributed by atoms with Crippen LogP contribution < -0.4 is 20.9 Å². The first kappa shape index (κ1) is 20.5. The van der Waals surface area contributed by atoms with Crippen LogP contribution in [0.5, 0.6) is 0 Å². The molecule has 2 aromatic heterocycles. The van der Waals surface area contributed by atoms with E-state index in [4.69, 9.17) is 14.5 Å². The molecule has 3 N–H and O–H groups in total. The third kappa shape index (κ3) is 4.06. The van der Waals surface area contributed by atoms with E-state index in [1.165, 1.54) is 10.9 Å². The van der Waals surface area contributed by atoms with Gasteiger partial charge >= 0.3 is 6.03 Å². The molecule has 3 aromatic rings. The smallest absolute Gasteiger partial charge is 0.328 e. The van der Waals surface area contributed by atoms with E-state index >= 15 is 0 Å². The number of carbonyl (C=O) groups excluding carboxylic acids is 1. The van der Waals surface area contributed by atoms with Crippen molar-refractivity contribution < 1.29 is 14.3 Å². The van der Waals surface area contributed by atoms with Gasteiger partial charge in [-0.15, -0.1) is 0 Å². The summed E-state index contributed by atoms with van der Waals surface area (Å²) in [6, 6.07) is 7.76. The summed E-state index contributed by atoms with van der Waals surface area (Å²) in [5.41, 5.74) is 4.97. The molecule has 4 bridgehead atoms. The van der Waals surface area contributed by atoms with Crippen LogP contribution in [0.2, 0.25) is 0 Å². The molecule has 0 saturated carbocycles. The van der Waals surface area contributed by atoms with Crippen molar-refractivity contribution in [2.45, 2.75) is 19.6 Å². The Morgan fingerprint density at radius 3 is 2.81 bits per heavy atom. The van der Waals surface area contributed by atoms with Gasteiger partial charge in [0.25, 0.3) is 0 Å². The van der Waals surface area contributed by atoms with Crippen LogP contribution in [0.3, 0.4) is 0 Å². The second-order valence-corrected chi connectivity index (χ2v) is 8.07. The van der Waals surface area contributed by atoms with Crippen molar-refractivity contribution in [3.05, 3.63) is 36.2 Å². The number of fused-ring (bicyclic) bond motifs is 3. The zero-order valence-electron chi connectivity index (χ0n) is 18.2. The molecular formula is C22H27N7O3. The molecule has 0 aliphatic carbocycles. The van der Waals surface area contributed by atoms with Crippen LogP contribution in [-0.4, -0.2) is 66.6 Å². The zero-order valence-corrected chi connectivity index (χ0v) is 18.2. The molecule has 1 fully saturated rings. The van der Waals surface area contributed by atoms with Crippen molar-refractivity contribution >= 4 is 40.1 Å². The molecule has 0 radical (unpaired) electrons. The summed E-state index contributed by atoms with van der Waals surface area (Å²) < 4.78 is 12.9. The fraction of sp³-hybridized carbons (Fsp3) is 0.409. The second kappa shape index (κ2) is 8.64. The number of nitrogens with zero attached hydrogens (tertiary/aromatic N) is 4. The standard InChI is InChI=1S/C22H27N7O3/c1-14-11-32-12-15-7-16(9-17(8-15)28-3-5-31-6-4-28)26-19-10-18(23-2)20-21(27-19)29(13-24-20)22(30)25-14/h7-10,13-14H,3-6,11-12H2,1-2H3,(H,25,30)(H2,23,26,27)/t14-/m1/s1. The van der Waals surface area contributed by atoms with Crippen LogP contribution in [0, 0.1) is 0 Å². The van der Waals surface area contributed by atoms with Gasteiger partial charge in [-0.25, -0.2) is 19.3 Å². The number of pyridine rings is 1. The van der Waals surface area contributed by atoms with E-state index in [0.29, 0.717) is 43.4 Å². The molecular weight excluding hydrogens is 410 g/mol. The summed E-state index contributed by atoms with van der Waals surface area (Å²) in [5, 5.41) is 9.52. The Balaban J connectivity index is 1.60. The molecule has 0 unspecified atom stereocenters. The van der Waals surface area contributed by atoms with Gasteiger partial charge in [-0.1, -0.05) is 0 Å². The summed E-state index contributed by atoms with van der Waals surface area (Å²) >= 11 is 0. The van der Waals surface area contributed by atoms with E-state index in [1.54, 1.807) is 0 Å².